The van der Waals surface area contributed by atoms with Gasteiger partial charge in [0.05, 0.1) is 10.6 Å². The molecule has 20 heavy (non-hydrogen) atoms. The molecule has 5 nitrogen and oxygen atoms in total. The summed E-state index contributed by atoms with van der Waals surface area (Å²) in [5, 5.41) is 11.2. The van der Waals surface area contributed by atoms with Crippen LogP contribution in [-0.4, -0.2) is 34.4 Å². The van der Waals surface area contributed by atoms with E-state index in [0.717, 1.165) is 12.8 Å². The number of carbonyl (C=O) groups is 1. The Bertz CT molecular complexity index is 546. The third-order valence-corrected chi connectivity index (χ3v) is 3.55. The Kier molecular flexibility index (Phi) is 4.44. The van der Waals surface area contributed by atoms with Crippen molar-refractivity contribution < 1.29 is 14.4 Å². The summed E-state index contributed by atoms with van der Waals surface area (Å²) in [6, 6.07) is 4.26. The van der Waals surface area contributed by atoms with E-state index in [4.69, 9.17) is 22.5 Å². The van der Waals surface area contributed by atoms with Gasteiger partial charge in [-0.05, 0) is 25.0 Å². The van der Waals surface area contributed by atoms with Crippen LogP contribution in [0.3, 0.4) is 0 Å². The number of nitrogens with two attached hydrogens (primary N) is 1. The molecular formula is C13H15ClFN3O2. The van der Waals surface area contributed by atoms with Crippen molar-refractivity contribution >= 4 is 23.3 Å². The van der Waals surface area contributed by atoms with Crippen LogP contribution in [0.1, 0.15) is 29.6 Å². The van der Waals surface area contributed by atoms with E-state index in [1.807, 2.05) is 0 Å². The zero-order chi connectivity index (χ0) is 14.7. The lowest BCUT2D eigenvalue weighted by Gasteiger charge is -2.22. The molecule has 1 aliphatic carbocycles. The first kappa shape index (κ1) is 14.6. The molecule has 1 aromatic carbocycles. The number of benzene rings is 1. The van der Waals surface area contributed by atoms with E-state index < -0.39 is 5.82 Å². The van der Waals surface area contributed by atoms with Gasteiger partial charge < -0.3 is 15.8 Å². The molecule has 0 radical (unpaired) electrons. The Hall–Kier alpha value is -1.82. The Balaban J connectivity index is 2.17. The second-order valence-corrected chi connectivity index (χ2v) is 5.05. The summed E-state index contributed by atoms with van der Waals surface area (Å²) in [4.78, 5) is 14.0. The van der Waals surface area contributed by atoms with Gasteiger partial charge in [-0.25, -0.2) is 4.39 Å². The summed E-state index contributed by atoms with van der Waals surface area (Å²) in [6.07, 6.45) is 2.05. The van der Waals surface area contributed by atoms with Gasteiger partial charge in [-0.3, -0.25) is 4.79 Å². The van der Waals surface area contributed by atoms with Crippen LogP contribution in [-0.2, 0) is 0 Å². The molecule has 0 bridgehead atoms. The quantitative estimate of drug-likeness (QED) is 0.379. The number of amides is 1. The van der Waals surface area contributed by atoms with E-state index in [1.54, 1.807) is 4.90 Å². The van der Waals surface area contributed by atoms with Gasteiger partial charge in [-0.15, -0.1) is 0 Å². The lowest BCUT2D eigenvalue weighted by Crippen LogP contribution is -2.36. The van der Waals surface area contributed by atoms with E-state index in [2.05, 4.69) is 5.16 Å². The van der Waals surface area contributed by atoms with Crippen molar-refractivity contribution in [1.82, 2.24) is 4.90 Å². The molecular weight excluding hydrogens is 285 g/mol. The van der Waals surface area contributed by atoms with Crippen LogP contribution < -0.4 is 5.73 Å². The minimum absolute atomic E-state index is 0.0498. The van der Waals surface area contributed by atoms with E-state index in [1.165, 1.54) is 18.2 Å². The second kappa shape index (κ2) is 6.09. The highest BCUT2D eigenvalue weighted by Gasteiger charge is 2.33. The van der Waals surface area contributed by atoms with Crippen molar-refractivity contribution in [2.24, 2.45) is 10.9 Å². The molecule has 7 heteroatoms. The summed E-state index contributed by atoms with van der Waals surface area (Å²) in [5.74, 6) is -0.902. The van der Waals surface area contributed by atoms with Crippen molar-refractivity contribution in [2.75, 3.05) is 6.54 Å². The summed E-state index contributed by atoms with van der Waals surface area (Å²) < 4.78 is 13.4. The first-order valence-corrected chi connectivity index (χ1v) is 6.63. The van der Waals surface area contributed by atoms with Crippen LogP contribution in [0, 0.1) is 5.82 Å². The standard InChI is InChI=1S/C13H15ClFN3O2/c14-12-9(2-1-3-10(12)15)13(19)18(8-4-5-8)7-6-11(16)17-20/h1-3,8,20H,4-7H2,(H2,16,17). The van der Waals surface area contributed by atoms with Gasteiger partial charge >= 0.3 is 0 Å². The molecule has 1 aromatic rings. The summed E-state index contributed by atoms with van der Waals surface area (Å²) in [7, 11) is 0. The van der Waals surface area contributed by atoms with Crippen LogP contribution in [0.4, 0.5) is 4.39 Å². The first-order valence-electron chi connectivity index (χ1n) is 6.26. The van der Waals surface area contributed by atoms with Gasteiger partial charge in [0.15, 0.2) is 0 Å². The maximum absolute atomic E-state index is 13.4. The molecule has 1 amide bonds. The molecule has 0 atom stereocenters. The van der Waals surface area contributed by atoms with Crippen LogP contribution in [0.5, 0.6) is 0 Å². The third-order valence-electron chi connectivity index (χ3n) is 3.17. The van der Waals surface area contributed by atoms with E-state index in [9.17, 15) is 9.18 Å². The van der Waals surface area contributed by atoms with Gasteiger partial charge in [-0.1, -0.05) is 22.8 Å². The van der Waals surface area contributed by atoms with Crippen LogP contribution in [0.15, 0.2) is 23.4 Å². The molecule has 108 valence electrons. The Labute approximate surface area is 120 Å². The van der Waals surface area contributed by atoms with Crippen molar-refractivity contribution in [3.8, 4) is 0 Å². The second-order valence-electron chi connectivity index (χ2n) is 4.67. The molecule has 1 saturated carbocycles. The van der Waals surface area contributed by atoms with Crippen molar-refractivity contribution in [1.29, 1.82) is 0 Å². The van der Waals surface area contributed by atoms with Crippen LogP contribution in [0.25, 0.3) is 0 Å². The largest absolute Gasteiger partial charge is 0.409 e. The van der Waals surface area contributed by atoms with Gasteiger partial charge in [0.25, 0.3) is 5.91 Å². The summed E-state index contributed by atoms with van der Waals surface area (Å²) in [6.45, 7) is 0.312. The van der Waals surface area contributed by atoms with Crippen LogP contribution >= 0.6 is 11.6 Å². The Morgan fingerprint density at radius 1 is 1.55 bits per heavy atom. The van der Waals surface area contributed by atoms with Gasteiger partial charge in [-0.2, -0.15) is 0 Å². The fraction of sp³-hybridized carbons (Fsp3) is 0.385. The molecule has 3 N–H and O–H groups in total. The lowest BCUT2D eigenvalue weighted by molar-refractivity contribution is 0.0747. The minimum atomic E-state index is -0.621. The summed E-state index contributed by atoms with van der Waals surface area (Å²) >= 11 is 5.84. The van der Waals surface area contributed by atoms with Crippen molar-refractivity contribution in [2.45, 2.75) is 25.3 Å². The molecule has 1 fully saturated rings. The highest BCUT2D eigenvalue weighted by Crippen LogP contribution is 2.30. The fourth-order valence-corrected chi connectivity index (χ4v) is 2.15. The molecule has 0 unspecified atom stereocenters. The molecule has 0 aromatic heterocycles. The third kappa shape index (κ3) is 3.19. The van der Waals surface area contributed by atoms with E-state index >= 15 is 0 Å². The predicted octanol–water partition coefficient (Wildman–Crippen LogP) is 2.22. The fourth-order valence-electron chi connectivity index (χ4n) is 1.94. The van der Waals surface area contributed by atoms with Crippen molar-refractivity contribution in [3.05, 3.63) is 34.6 Å². The van der Waals surface area contributed by atoms with Crippen molar-refractivity contribution in [3.63, 3.8) is 0 Å². The first-order chi connectivity index (χ1) is 9.54. The number of halogens is 2. The average Bonchev–Trinajstić information content (AvgIpc) is 3.26. The number of oxime groups is 1. The number of amidine groups is 1. The number of hydrogen-bond acceptors (Lipinski definition) is 3. The lowest BCUT2D eigenvalue weighted by atomic mass is 10.1. The van der Waals surface area contributed by atoms with E-state index in [0.29, 0.717) is 6.54 Å². The molecule has 0 spiro atoms. The van der Waals surface area contributed by atoms with E-state index in [-0.39, 0.29) is 34.8 Å². The van der Waals surface area contributed by atoms with Gasteiger partial charge in [0.1, 0.15) is 11.7 Å². The Morgan fingerprint density at radius 3 is 2.85 bits per heavy atom. The smallest absolute Gasteiger partial charge is 0.255 e. The maximum Gasteiger partial charge on any atom is 0.255 e. The molecule has 0 heterocycles. The summed E-state index contributed by atoms with van der Waals surface area (Å²) in [5.41, 5.74) is 5.55. The predicted molar refractivity (Wildman–Crippen MR) is 73.5 cm³/mol. The monoisotopic (exact) mass is 299 g/mol. The highest BCUT2D eigenvalue weighted by atomic mass is 35.5. The zero-order valence-electron chi connectivity index (χ0n) is 10.7. The minimum Gasteiger partial charge on any atom is -0.409 e. The topological polar surface area (TPSA) is 78.9 Å². The van der Waals surface area contributed by atoms with Crippen LogP contribution in [0.2, 0.25) is 5.02 Å². The van der Waals surface area contributed by atoms with Gasteiger partial charge in [0.2, 0.25) is 0 Å². The Morgan fingerprint density at radius 2 is 2.25 bits per heavy atom. The molecule has 0 aliphatic heterocycles. The maximum atomic E-state index is 13.4. The van der Waals surface area contributed by atoms with Gasteiger partial charge in [0, 0.05) is 19.0 Å². The number of carbonyl (C=O) groups excluding carboxylic acids is 1. The molecule has 1 aliphatic rings. The number of rotatable bonds is 5. The molecule has 0 saturated heterocycles. The molecule has 2 rings (SSSR count). The highest BCUT2D eigenvalue weighted by molar-refractivity contribution is 6.34. The normalized spacial score (nSPS) is 15.2. The SMILES string of the molecule is N/C(CCN(C(=O)c1cccc(F)c1Cl)C1CC1)=N/O. The number of nitrogens with zero attached hydrogens (tertiary/aromatic N) is 2. The average molecular weight is 300 g/mol. The number of hydrogen-bond donors (Lipinski definition) is 2. The zero-order valence-corrected chi connectivity index (χ0v) is 11.5.